The van der Waals surface area contributed by atoms with Gasteiger partial charge in [0.05, 0.1) is 6.61 Å². The molecule has 1 nitrogen and oxygen atoms in total. The zero-order chi connectivity index (χ0) is 12.1. The summed E-state index contributed by atoms with van der Waals surface area (Å²) in [5.41, 5.74) is 0. The van der Waals surface area contributed by atoms with E-state index in [-0.39, 0.29) is 0 Å². The van der Waals surface area contributed by atoms with Gasteiger partial charge in [-0.1, -0.05) is 44.0 Å². The number of fused-ring (bicyclic) bond motifs is 1. The summed E-state index contributed by atoms with van der Waals surface area (Å²) >= 11 is 2.37. The highest BCUT2D eigenvalue weighted by Gasteiger charge is 2.04. The third kappa shape index (κ3) is 3.12. The van der Waals surface area contributed by atoms with Gasteiger partial charge in [-0.05, 0) is 46.5 Å². The molecule has 2 rings (SSSR count). The van der Waals surface area contributed by atoms with Crippen LogP contribution in [0.25, 0.3) is 10.8 Å². The maximum Gasteiger partial charge on any atom is 0.127 e. The predicted octanol–water partition coefficient (Wildman–Crippen LogP) is 5.01. The minimum absolute atomic E-state index is 0.818. The van der Waals surface area contributed by atoms with Crippen molar-refractivity contribution >= 4 is 33.4 Å². The van der Waals surface area contributed by atoms with Crippen molar-refractivity contribution in [2.24, 2.45) is 0 Å². The number of hydrogen-bond acceptors (Lipinski definition) is 1. The van der Waals surface area contributed by atoms with Crippen molar-refractivity contribution in [3.63, 3.8) is 0 Å². The Morgan fingerprint density at radius 2 is 1.76 bits per heavy atom. The predicted molar refractivity (Wildman–Crippen MR) is 81.7 cm³/mol. The van der Waals surface area contributed by atoms with Crippen molar-refractivity contribution in [2.45, 2.75) is 26.2 Å². The Morgan fingerprint density at radius 1 is 1.00 bits per heavy atom. The molecule has 0 bridgehead atoms. The van der Waals surface area contributed by atoms with E-state index in [2.05, 4.69) is 65.9 Å². The zero-order valence-electron chi connectivity index (χ0n) is 10.1. The van der Waals surface area contributed by atoms with Gasteiger partial charge in [0.25, 0.3) is 0 Å². The molecule has 2 aromatic carbocycles. The number of benzene rings is 2. The first-order valence-electron chi connectivity index (χ1n) is 6.13. The van der Waals surface area contributed by atoms with Crippen molar-refractivity contribution in [1.82, 2.24) is 0 Å². The molecule has 0 spiro atoms. The molecule has 2 heteroatoms. The van der Waals surface area contributed by atoms with Gasteiger partial charge in [0.15, 0.2) is 0 Å². The largest absolute Gasteiger partial charge is 0.493 e. The number of ether oxygens (including phenoxy) is 1. The van der Waals surface area contributed by atoms with Gasteiger partial charge in [-0.25, -0.2) is 0 Å². The van der Waals surface area contributed by atoms with Crippen LogP contribution in [0.15, 0.2) is 36.4 Å². The molecule has 0 aromatic heterocycles. The average Bonchev–Trinajstić information content (AvgIpc) is 2.37. The molecule has 0 aliphatic carbocycles. The summed E-state index contributed by atoms with van der Waals surface area (Å²) in [4.78, 5) is 0. The van der Waals surface area contributed by atoms with E-state index >= 15 is 0 Å². The molecule has 0 amide bonds. The molecular weight excluding hydrogens is 323 g/mol. The van der Waals surface area contributed by atoms with Crippen molar-refractivity contribution in [3.05, 3.63) is 40.0 Å². The van der Waals surface area contributed by atoms with Crippen LogP contribution in [-0.4, -0.2) is 6.61 Å². The first kappa shape index (κ1) is 12.7. The van der Waals surface area contributed by atoms with Crippen LogP contribution in [-0.2, 0) is 0 Å². The molecule has 0 saturated heterocycles. The van der Waals surface area contributed by atoms with Gasteiger partial charge < -0.3 is 4.74 Å². The molecule has 0 atom stereocenters. The van der Waals surface area contributed by atoms with Gasteiger partial charge in [-0.3, -0.25) is 0 Å². The van der Waals surface area contributed by atoms with E-state index in [0.717, 1.165) is 18.8 Å². The fourth-order valence-electron chi connectivity index (χ4n) is 1.89. The molecule has 0 fully saturated rings. The van der Waals surface area contributed by atoms with Crippen molar-refractivity contribution < 1.29 is 4.74 Å². The van der Waals surface area contributed by atoms with Crippen LogP contribution in [0.5, 0.6) is 5.75 Å². The summed E-state index contributed by atoms with van der Waals surface area (Å²) in [7, 11) is 0. The van der Waals surface area contributed by atoms with Crippen molar-refractivity contribution in [2.75, 3.05) is 6.61 Å². The molecule has 17 heavy (non-hydrogen) atoms. The van der Waals surface area contributed by atoms with Crippen LogP contribution < -0.4 is 4.74 Å². The average molecular weight is 340 g/mol. The number of hydrogen-bond donors (Lipinski definition) is 0. The monoisotopic (exact) mass is 340 g/mol. The van der Waals surface area contributed by atoms with E-state index in [1.54, 1.807) is 0 Å². The summed E-state index contributed by atoms with van der Waals surface area (Å²) in [5, 5.41) is 2.50. The zero-order valence-corrected chi connectivity index (χ0v) is 12.2. The second kappa shape index (κ2) is 6.24. The normalized spacial score (nSPS) is 10.7. The SMILES string of the molecule is CCCCCOc1ccc(I)c2ccccc12. The van der Waals surface area contributed by atoms with Crippen LogP contribution in [0.2, 0.25) is 0 Å². The van der Waals surface area contributed by atoms with E-state index in [0.29, 0.717) is 0 Å². The topological polar surface area (TPSA) is 9.23 Å². The highest BCUT2D eigenvalue weighted by atomic mass is 127. The molecular formula is C15H17IO. The second-order valence-electron chi connectivity index (χ2n) is 4.15. The standard InChI is InChI=1S/C15H17IO/c1-2-3-6-11-17-15-10-9-14(16)12-7-4-5-8-13(12)15/h4-5,7-10H,2-3,6,11H2,1H3. The minimum atomic E-state index is 0.818. The number of halogens is 1. The lowest BCUT2D eigenvalue weighted by Gasteiger charge is -2.10. The lowest BCUT2D eigenvalue weighted by molar-refractivity contribution is 0.310. The van der Waals surface area contributed by atoms with E-state index in [9.17, 15) is 0 Å². The first-order valence-corrected chi connectivity index (χ1v) is 7.21. The van der Waals surface area contributed by atoms with Crippen LogP contribution in [0.3, 0.4) is 0 Å². The highest BCUT2D eigenvalue weighted by molar-refractivity contribution is 14.1. The van der Waals surface area contributed by atoms with Crippen molar-refractivity contribution in [1.29, 1.82) is 0 Å². The Hall–Kier alpha value is -0.770. The Balaban J connectivity index is 2.20. The maximum absolute atomic E-state index is 5.87. The summed E-state index contributed by atoms with van der Waals surface area (Å²) < 4.78 is 7.15. The minimum Gasteiger partial charge on any atom is -0.493 e. The molecule has 0 heterocycles. The van der Waals surface area contributed by atoms with Gasteiger partial charge >= 0.3 is 0 Å². The Kier molecular flexibility index (Phi) is 4.66. The molecule has 0 aliphatic rings. The Morgan fingerprint density at radius 3 is 2.53 bits per heavy atom. The fourth-order valence-corrected chi connectivity index (χ4v) is 2.54. The molecule has 2 aromatic rings. The van der Waals surface area contributed by atoms with Crippen LogP contribution in [0.1, 0.15) is 26.2 Å². The molecule has 0 aliphatic heterocycles. The molecule has 0 N–H and O–H groups in total. The summed E-state index contributed by atoms with van der Waals surface area (Å²) in [6.07, 6.45) is 3.61. The summed E-state index contributed by atoms with van der Waals surface area (Å²) in [5.74, 6) is 1.01. The van der Waals surface area contributed by atoms with E-state index in [1.807, 2.05) is 0 Å². The summed E-state index contributed by atoms with van der Waals surface area (Å²) in [6.45, 7) is 3.03. The Labute approximate surface area is 116 Å². The van der Waals surface area contributed by atoms with E-state index in [4.69, 9.17) is 4.74 Å². The summed E-state index contributed by atoms with van der Waals surface area (Å²) in [6, 6.07) is 12.6. The van der Waals surface area contributed by atoms with Crippen LogP contribution in [0, 0.1) is 3.57 Å². The Bertz CT molecular complexity index is 493. The van der Waals surface area contributed by atoms with Crippen LogP contribution >= 0.6 is 22.6 Å². The van der Waals surface area contributed by atoms with Gasteiger partial charge in [0.2, 0.25) is 0 Å². The van der Waals surface area contributed by atoms with E-state index in [1.165, 1.54) is 27.2 Å². The molecule has 0 radical (unpaired) electrons. The van der Waals surface area contributed by atoms with Gasteiger partial charge in [-0.15, -0.1) is 0 Å². The molecule has 90 valence electrons. The quantitative estimate of drug-likeness (QED) is 0.549. The number of unbranched alkanes of at least 4 members (excludes halogenated alkanes) is 2. The molecule has 0 saturated carbocycles. The first-order chi connectivity index (χ1) is 8.33. The van der Waals surface area contributed by atoms with Gasteiger partial charge in [0.1, 0.15) is 5.75 Å². The maximum atomic E-state index is 5.87. The third-order valence-corrected chi connectivity index (χ3v) is 3.78. The van der Waals surface area contributed by atoms with Gasteiger partial charge in [0, 0.05) is 8.96 Å². The van der Waals surface area contributed by atoms with Crippen LogP contribution in [0.4, 0.5) is 0 Å². The van der Waals surface area contributed by atoms with Crippen molar-refractivity contribution in [3.8, 4) is 5.75 Å². The highest BCUT2D eigenvalue weighted by Crippen LogP contribution is 2.29. The van der Waals surface area contributed by atoms with E-state index < -0.39 is 0 Å². The van der Waals surface area contributed by atoms with Gasteiger partial charge in [-0.2, -0.15) is 0 Å². The lowest BCUT2D eigenvalue weighted by atomic mass is 10.1. The fraction of sp³-hybridized carbons (Fsp3) is 0.333. The third-order valence-electron chi connectivity index (χ3n) is 2.84. The second-order valence-corrected chi connectivity index (χ2v) is 5.31. The number of rotatable bonds is 5. The lowest BCUT2D eigenvalue weighted by Crippen LogP contribution is -1.97. The smallest absolute Gasteiger partial charge is 0.127 e. The molecule has 0 unspecified atom stereocenters.